The molecular formula is C17H13ClN2O2. The molecule has 1 amide bonds. The second-order valence-electron chi connectivity index (χ2n) is 5.29. The molecule has 1 atom stereocenters. The molecule has 4 rings (SSSR count). The van der Waals surface area contributed by atoms with Crippen LogP contribution in [0.4, 0.5) is 5.69 Å². The Balaban J connectivity index is 1.68. The van der Waals surface area contributed by atoms with E-state index in [1.165, 1.54) is 0 Å². The smallest absolute Gasteiger partial charge is 0.255 e. The molecule has 4 nitrogen and oxygen atoms in total. The van der Waals surface area contributed by atoms with Crippen molar-refractivity contribution in [2.24, 2.45) is 0 Å². The van der Waals surface area contributed by atoms with Crippen molar-refractivity contribution in [3.8, 4) is 5.75 Å². The Labute approximate surface area is 132 Å². The van der Waals surface area contributed by atoms with Crippen molar-refractivity contribution < 1.29 is 9.53 Å². The maximum absolute atomic E-state index is 12.2. The molecule has 0 saturated carbocycles. The first-order valence-electron chi connectivity index (χ1n) is 7.00. The second-order valence-corrected chi connectivity index (χ2v) is 5.72. The molecule has 110 valence electrons. The molecule has 2 aromatic rings. The first kappa shape index (κ1) is 13.2. The van der Waals surface area contributed by atoms with E-state index in [2.05, 4.69) is 10.6 Å². The van der Waals surface area contributed by atoms with E-state index in [0.29, 0.717) is 17.2 Å². The van der Waals surface area contributed by atoms with Gasteiger partial charge in [-0.3, -0.25) is 4.79 Å². The molecule has 0 bridgehead atoms. The Hall–Kier alpha value is -2.46. The molecule has 2 aromatic carbocycles. The average molecular weight is 313 g/mol. The monoisotopic (exact) mass is 312 g/mol. The van der Waals surface area contributed by atoms with Crippen LogP contribution in [0, 0.1) is 0 Å². The molecule has 0 aliphatic carbocycles. The Morgan fingerprint density at radius 2 is 2.00 bits per heavy atom. The van der Waals surface area contributed by atoms with Crippen LogP contribution in [0.1, 0.15) is 15.9 Å². The van der Waals surface area contributed by atoms with Crippen LogP contribution in [0.25, 0.3) is 6.08 Å². The molecule has 0 aromatic heterocycles. The highest BCUT2D eigenvalue weighted by Gasteiger charge is 2.27. The van der Waals surface area contributed by atoms with E-state index in [9.17, 15) is 4.79 Å². The highest BCUT2D eigenvalue weighted by Crippen LogP contribution is 2.31. The van der Waals surface area contributed by atoms with E-state index in [4.69, 9.17) is 16.3 Å². The lowest BCUT2D eigenvalue weighted by Gasteiger charge is -2.31. The summed E-state index contributed by atoms with van der Waals surface area (Å²) < 4.78 is 5.75. The zero-order valence-electron chi connectivity index (χ0n) is 11.6. The first-order chi connectivity index (χ1) is 10.7. The quantitative estimate of drug-likeness (QED) is 0.849. The zero-order chi connectivity index (χ0) is 15.1. The minimum absolute atomic E-state index is 0.0860. The standard InChI is InChI=1S/C17H13ClN2O2/c18-12-5-6-15-10(8-12)7-11(9-22-15)16-19-14-4-2-1-3-13(14)17(21)20-16/h1-8,16,19H,9H2,(H,20,21)/t16-/m1/s1. The molecule has 2 heterocycles. The van der Waals surface area contributed by atoms with E-state index in [1.807, 2.05) is 36.4 Å². The third-order valence-corrected chi connectivity index (χ3v) is 4.06. The van der Waals surface area contributed by atoms with Crippen LogP contribution >= 0.6 is 11.6 Å². The number of hydrogen-bond donors (Lipinski definition) is 2. The summed E-state index contributed by atoms with van der Waals surface area (Å²) in [4.78, 5) is 12.2. The number of fused-ring (bicyclic) bond motifs is 2. The number of carbonyl (C=O) groups is 1. The summed E-state index contributed by atoms with van der Waals surface area (Å²) in [5.74, 6) is 0.716. The van der Waals surface area contributed by atoms with Crippen LogP contribution in [-0.4, -0.2) is 18.7 Å². The lowest BCUT2D eigenvalue weighted by Crippen LogP contribution is -2.47. The highest BCUT2D eigenvalue weighted by atomic mass is 35.5. The normalized spacial score (nSPS) is 19.0. The van der Waals surface area contributed by atoms with E-state index >= 15 is 0 Å². The number of nitrogens with one attached hydrogen (secondary N) is 2. The van der Waals surface area contributed by atoms with Gasteiger partial charge in [0.05, 0.1) is 5.56 Å². The van der Waals surface area contributed by atoms with Crippen LogP contribution < -0.4 is 15.4 Å². The van der Waals surface area contributed by atoms with Gasteiger partial charge in [0.2, 0.25) is 0 Å². The van der Waals surface area contributed by atoms with Crippen molar-refractivity contribution in [1.82, 2.24) is 5.32 Å². The van der Waals surface area contributed by atoms with Crippen molar-refractivity contribution in [1.29, 1.82) is 0 Å². The number of amides is 1. The third-order valence-electron chi connectivity index (χ3n) is 3.82. The molecule has 2 aliphatic rings. The van der Waals surface area contributed by atoms with E-state index in [0.717, 1.165) is 22.6 Å². The van der Waals surface area contributed by atoms with Gasteiger partial charge in [-0.1, -0.05) is 23.7 Å². The van der Waals surface area contributed by atoms with Gasteiger partial charge in [0, 0.05) is 21.8 Å². The van der Waals surface area contributed by atoms with Gasteiger partial charge < -0.3 is 15.4 Å². The van der Waals surface area contributed by atoms with E-state index in [-0.39, 0.29) is 12.1 Å². The van der Waals surface area contributed by atoms with Gasteiger partial charge in [0.15, 0.2) is 0 Å². The fraction of sp³-hybridized carbons (Fsp3) is 0.118. The molecular weight excluding hydrogens is 300 g/mol. The topological polar surface area (TPSA) is 50.4 Å². The molecule has 0 spiro atoms. The molecule has 2 N–H and O–H groups in total. The maximum Gasteiger partial charge on any atom is 0.255 e. The average Bonchev–Trinajstić information content (AvgIpc) is 2.54. The Morgan fingerprint density at radius 3 is 2.91 bits per heavy atom. The summed E-state index contributed by atoms with van der Waals surface area (Å²) in [7, 11) is 0. The van der Waals surface area contributed by atoms with Crippen LogP contribution in [0.5, 0.6) is 5.75 Å². The second kappa shape index (κ2) is 5.07. The molecule has 0 fully saturated rings. The number of rotatable bonds is 1. The third kappa shape index (κ3) is 2.22. The van der Waals surface area contributed by atoms with E-state index < -0.39 is 0 Å². The zero-order valence-corrected chi connectivity index (χ0v) is 12.4. The van der Waals surface area contributed by atoms with Crippen molar-refractivity contribution >= 4 is 29.3 Å². The lowest BCUT2D eigenvalue weighted by atomic mass is 10.0. The van der Waals surface area contributed by atoms with Gasteiger partial charge in [0.25, 0.3) is 5.91 Å². The number of para-hydroxylation sites is 1. The summed E-state index contributed by atoms with van der Waals surface area (Å²) in [5, 5.41) is 6.94. The van der Waals surface area contributed by atoms with Crippen molar-refractivity contribution in [2.45, 2.75) is 6.17 Å². The maximum atomic E-state index is 12.2. The number of carbonyl (C=O) groups excluding carboxylic acids is 1. The fourth-order valence-electron chi connectivity index (χ4n) is 2.73. The molecule has 0 unspecified atom stereocenters. The summed E-state index contributed by atoms with van der Waals surface area (Å²) in [5.41, 5.74) is 3.36. The molecule has 2 aliphatic heterocycles. The predicted octanol–water partition coefficient (Wildman–Crippen LogP) is 3.30. The summed E-state index contributed by atoms with van der Waals surface area (Å²) in [6, 6.07) is 13.0. The number of hydrogen-bond acceptors (Lipinski definition) is 3. The summed E-state index contributed by atoms with van der Waals surface area (Å²) >= 11 is 6.03. The van der Waals surface area contributed by atoms with Crippen molar-refractivity contribution in [3.63, 3.8) is 0 Å². The molecule has 22 heavy (non-hydrogen) atoms. The van der Waals surface area contributed by atoms with Gasteiger partial charge in [-0.15, -0.1) is 0 Å². The fourth-order valence-corrected chi connectivity index (χ4v) is 2.91. The minimum Gasteiger partial charge on any atom is -0.488 e. The van der Waals surface area contributed by atoms with Crippen LogP contribution in [-0.2, 0) is 0 Å². The van der Waals surface area contributed by atoms with Crippen LogP contribution in [0.3, 0.4) is 0 Å². The SMILES string of the molecule is O=C1N[C@H](C2=Cc3cc(Cl)ccc3OC2)Nc2ccccc21. The molecule has 0 saturated heterocycles. The molecule has 5 heteroatoms. The van der Waals surface area contributed by atoms with Gasteiger partial charge in [-0.25, -0.2) is 0 Å². The van der Waals surface area contributed by atoms with Crippen LogP contribution in [0.2, 0.25) is 5.02 Å². The number of benzene rings is 2. The van der Waals surface area contributed by atoms with Crippen molar-refractivity contribution in [2.75, 3.05) is 11.9 Å². The number of halogens is 1. The van der Waals surface area contributed by atoms with Gasteiger partial charge >= 0.3 is 0 Å². The molecule has 0 radical (unpaired) electrons. The number of anilines is 1. The highest BCUT2D eigenvalue weighted by molar-refractivity contribution is 6.30. The predicted molar refractivity (Wildman–Crippen MR) is 86.2 cm³/mol. The van der Waals surface area contributed by atoms with Crippen molar-refractivity contribution in [3.05, 3.63) is 64.2 Å². The lowest BCUT2D eigenvalue weighted by molar-refractivity contribution is 0.0940. The Kier molecular flexibility index (Phi) is 3.05. The number of ether oxygens (including phenoxy) is 1. The van der Waals surface area contributed by atoms with Gasteiger partial charge in [-0.2, -0.15) is 0 Å². The largest absolute Gasteiger partial charge is 0.488 e. The Morgan fingerprint density at radius 1 is 1.14 bits per heavy atom. The van der Waals surface area contributed by atoms with E-state index in [1.54, 1.807) is 12.1 Å². The van der Waals surface area contributed by atoms with Gasteiger partial charge in [-0.05, 0) is 36.4 Å². The van der Waals surface area contributed by atoms with Gasteiger partial charge in [0.1, 0.15) is 18.5 Å². The minimum atomic E-state index is -0.283. The Bertz CT molecular complexity index is 801. The first-order valence-corrected chi connectivity index (χ1v) is 7.38. The summed E-state index contributed by atoms with van der Waals surface area (Å²) in [6.07, 6.45) is 1.73. The van der Waals surface area contributed by atoms with Crippen LogP contribution in [0.15, 0.2) is 48.0 Å². The summed E-state index contributed by atoms with van der Waals surface area (Å²) in [6.45, 7) is 0.425.